The normalized spacial score (nSPS) is 21.7. The van der Waals surface area contributed by atoms with Crippen molar-refractivity contribution in [1.82, 2.24) is 0 Å². The summed E-state index contributed by atoms with van der Waals surface area (Å²) >= 11 is 1.97. The quantitative estimate of drug-likeness (QED) is 0.745. The molecule has 2 N–H and O–H groups in total. The van der Waals surface area contributed by atoms with Crippen molar-refractivity contribution in [3.63, 3.8) is 0 Å². The predicted octanol–water partition coefficient (Wildman–Crippen LogP) is 2.35. The molecule has 0 amide bonds. The standard InChI is InChI=1S/C11H15FN2S/c1-8-7-14(4-5-15-8)11-3-2-9(12)6-10(11)13/h2-3,6,8H,4-5,7,13H2,1H3. The summed E-state index contributed by atoms with van der Waals surface area (Å²) in [6.45, 7) is 4.18. The third-order valence-electron chi connectivity index (χ3n) is 2.57. The van der Waals surface area contributed by atoms with Crippen molar-refractivity contribution in [2.24, 2.45) is 0 Å². The maximum Gasteiger partial charge on any atom is 0.125 e. The maximum atomic E-state index is 12.9. The van der Waals surface area contributed by atoms with E-state index >= 15 is 0 Å². The summed E-state index contributed by atoms with van der Waals surface area (Å²) in [7, 11) is 0. The Balaban J connectivity index is 2.21. The highest BCUT2D eigenvalue weighted by Crippen LogP contribution is 2.28. The second-order valence-corrected chi connectivity index (χ2v) is 5.38. The Bertz CT molecular complexity index is 356. The van der Waals surface area contributed by atoms with E-state index in [0.717, 1.165) is 24.5 Å². The van der Waals surface area contributed by atoms with Gasteiger partial charge in [0, 0.05) is 24.1 Å². The number of nitrogens with zero attached hydrogens (tertiary/aromatic N) is 1. The van der Waals surface area contributed by atoms with Gasteiger partial charge in [-0.3, -0.25) is 0 Å². The number of rotatable bonds is 1. The zero-order valence-electron chi connectivity index (χ0n) is 8.74. The number of anilines is 2. The molecule has 1 unspecified atom stereocenters. The molecule has 15 heavy (non-hydrogen) atoms. The van der Waals surface area contributed by atoms with E-state index in [9.17, 15) is 4.39 Å². The Morgan fingerprint density at radius 2 is 2.33 bits per heavy atom. The van der Waals surface area contributed by atoms with E-state index in [1.807, 2.05) is 11.8 Å². The molecule has 1 saturated heterocycles. The maximum absolute atomic E-state index is 12.9. The first-order valence-electron chi connectivity index (χ1n) is 5.08. The van der Waals surface area contributed by atoms with Crippen molar-refractivity contribution in [3.8, 4) is 0 Å². The molecule has 2 nitrogen and oxygen atoms in total. The molecule has 0 bridgehead atoms. The smallest absolute Gasteiger partial charge is 0.125 e. The lowest BCUT2D eigenvalue weighted by Crippen LogP contribution is -2.37. The van der Waals surface area contributed by atoms with E-state index < -0.39 is 0 Å². The number of benzene rings is 1. The Labute approximate surface area is 93.6 Å². The minimum absolute atomic E-state index is 0.268. The number of nitrogens with two attached hydrogens (primary N) is 1. The fourth-order valence-corrected chi connectivity index (χ4v) is 2.86. The third kappa shape index (κ3) is 2.37. The van der Waals surface area contributed by atoms with Gasteiger partial charge in [0.2, 0.25) is 0 Å². The van der Waals surface area contributed by atoms with Gasteiger partial charge in [-0.05, 0) is 18.2 Å². The molecular formula is C11H15FN2S. The number of hydrogen-bond acceptors (Lipinski definition) is 3. The molecule has 0 aromatic heterocycles. The number of hydrogen-bond donors (Lipinski definition) is 1. The van der Waals surface area contributed by atoms with Gasteiger partial charge in [-0.15, -0.1) is 0 Å². The average molecular weight is 226 g/mol. The topological polar surface area (TPSA) is 29.3 Å². The summed E-state index contributed by atoms with van der Waals surface area (Å²) in [6, 6.07) is 4.63. The van der Waals surface area contributed by atoms with Crippen molar-refractivity contribution >= 4 is 23.1 Å². The molecule has 4 heteroatoms. The van der Waals surface area contributed by atoms with Crippen molar-refractivity contribution in [1.29, 1.82) is 0 Å². The molecule has 1 aliphatic rings. The van der Waals surface area contributed by atoms with E-state index in [-0.39, 0.29) is 5.82 Å². The number of halogens is 1. The van der Waals surface area contributed by atoms with E-state index in [1.165, 1.54) is 12.1 Å². The second-order valence-electron chi connectivity index (χ2n) is 3.83. The van der Waals surface area contributed by atoms with Crippen LogP contribution in [-0.2, 0) is 0 Å². The minimum atomic E-state index is -0.268. The molecular weight excluding hydrogens is 211 g/mol. The lowest BCUT2D eigenvalue weighted by molar-refractivity contribution is 0.628. The summed E-state index contributed by atoms with van der Waals surface area (Å²) < 4.78 is 12.9. The molecule has 0 aliphatic carbocycles. The van der Waals surface area contributed by atoms with Crippen molar-refractivity contribution in [3.05, 3.63) is 24.0 Å². The summed E-state index contributed by atoms with van der Waals surface area (Å²) in [5.41, 5.74) is 7.31. The summed E-state index contributed by atoms with van der Waals surface area (Å²) in [6.07, 6.45) is 0. The van der Waals surface area contributed by atoms with Crippen molar-refractivity contribution in [2.75, 3.05) is 29.5 Å². The van der Waals surface area contributed by atoms with Crippen LogP contribution in [0, 0.1) is 5.82 Å². The van der Waals surface area contributed by atoms with Crippen LogP contribution in [0.25, 0.3) is 0 Å². The van der Waals surface area contributed by atoms with Crippen LogP contribution in [-0.4, -0.2) is 24.1 Å². The molecule has 1 aliphatic heterocycles. The van der Waals surface area contributed by atoms with Gasteiger partial charge in [0.15, 0.2) is 0 Å². The van der Waals surface area contributed by atoms with Crippen LogP contribution >= 0.6 is 11.8 Å². The Morgan fingerprint density at radius 3 is 3.00 bits per heavy atom. The Morgan fingerprint density at radius 1 is 1.53 bits per heavy atom. The Kier molecular flexibility index (Phi) is 3.05. The Hall–Kier alpha value is -0.900. The zero-order valence-corrected chi connectivity index (χ0v) is 9.56. The first-order chi connectivity index (χ1) is 7.16. The SMILES string of the molecule is CC1CN(c2ccc(F)cc2N)CCS1. The lowest BCUT2D eigenvalue weighted by atomic mass is 10.2. The van der Waals surface area contributed by atoms with Crippen LogP contribution < -0.4 is 10.6 Å². The molecule has 1 aromatic carbocycles. The molecule has 1 aromatic rings. The van der Waals surface area contributed by atoms with Crippen LogP contribution in [0.2, 0.25) is 0 Å². The largest absolute Gasteiger partial charge is 0.397 e. The van der Waals surface area contributed by atoms with Crippen LogP contribution in [0.4, 0.5) is 15.8 Å². The molecule has 82 valence electrons. The molecule has 0 radical (unpaired) electrons. The van der Waals surface area contributed by atoms with Crippen LogP contribution in [0.3, 0.4) is 0 Å². The van der Waals surface area contributed by atoms with Gasteiger partial charge in [0.05, 0.1) is 11.4 Å². The van der Waals surface area contributed by atoms with Crippen LogP contribution in [0.15, 0.2) is 18.2 Å². The number of thioether (sulfide) groups is 1. The summed E-state index contributed by atoms with van der Waals surface area (Å²) in [5.74, 6) is 0.841. The highest BCUT2D eigenvalue weighted by atomic mass is 32.2. The number of nitrogen functional groups attached to an aromatic ring is 1. The van der Waals surface area contributed by atoms with E-state index in [0.29, 0.717) is 10.9 Å². The third-order valence-corrected chi connectivity index (χ3v) is 3.71. The van der Waals surface area contributed by atoms with Crippen molar-refractivity contribution < 1.29 is 4.39 Å². The first-order valence-corrected chi connectivity index (χ1v) is 6.13. The molecule has 0 spiro atoms. The van der Waals surface area contributed by atoms with Gasteiger partial charge in [-0.1, -0.05) is 6.92 Å². The summed E-state index contributed by atoms with van der Waals surface area (Å²) in [5, 5.41) is 0.614. The molecule has 1 heterocycles. The van der Waals surface area contributed by atoms with Gasteiger partial charge in [0.1, 0.15) is 5.82 Å². The monoisotopic (exact) mass is 226 g/mol. The lowest BCUT2D eigenvalue weighted by Gasteiger charge is -2.33. The molecule has 0 saturated carbocycles. The van der Waals surface area contributed by atoms with Gasteiger partial charge >= 0.3 is 0 Å². The van der Waals surface area contributed by atoms with Gasteiger partial charge in [-0.25, -0.2) is 4.39 Å². The molecule has 2 rings (SSSR count). The molecule has 1 atom stereocenters. The van der Waals surface area contributed by atoms with E-state index in [1.54, 1.807) is 6.07 Å². The minimum Gasteiger partial charge on any atom is -0.397 e. The highest BCUT2D eigenvalue weighted by molar-refractivity contribution is 8.00. The van der Waals surface area contributed by atoms with Crippen LogP contribution in [0.1, 0.15) is 6.92 Å². The van der Waals surface area contributed by atoms with E-state index in [2.05, 4.69) is 11.8 Å². The molecule has 1 fully saturated rings. The zero-order chi connectivity index (χ0) is 10.8. The van der Waals surface area contributed by atoms with E-state index in [4.69, 9.17) is 5.73 Å². The van der Waals surface area contributed by atoms with Gasteiger partial charge in [0.25, 0.3) is 0 Å². The fourth-order valence-electron chi connectivity index (χ4n) is 1.85. The average Bonchev–Trinajstić information content (AvgIpc) is 2.17. The fraction of sp³-hybridized carbons (Fsp3) is 0.455. The van der Waals surface area contributed by atoms with Crippen molar-refractivity contribution in [2.45, 2.75) is 12.2 Å². The second kappa shape index (κ2) is 4.31. The predicted molar refractivity (Wildman–Crippen MR) is 64.9 cm³/mol. The van der Waals surface area contributed by atoms with Crippen LogP contribution in [0.5, 0.6) is 0 Å². The van der Waals surface area contributed by atoms with Gasteiger partial charge in [-0.2, -0.15) is 11.8 Å². The first kappa shape index (κ1) is 10.6. The van der Waals surface area contributed by atoms with Gasteiger partial charge < -0.3 is 10.6 Å². The highest BCUT2D eigenvalue weighted by Gasteiger charge is 2.18. The summed E-state index contributed by atoms with van der Waals surface area (Å²) in [4.78, 5) is 2.23.